The number of hydrogen-bond donors (Lipinski definition) is 2. The number of carbonyl (C=O) groups excluding carboxylic acids is 1. The number of fused-ring (bicyclic) bond motifs is 1. The molecule has 0 radical (unpaired) electrons. The van der Waals surface area contributed by atoms with Crippen molar-refractivity contribution >= 4 is 38.3 Å². The number of carbonyl (C=O) groups is 1. The highest BCUT2D eigenvalue weighted by molar-refractivity contribution is 9.10. The van der Waals surface area contributed by atoms with Crippen LogP contribution in [-0.2, 0) is 0 Å². The van der Waals surface area contributed by atoms with E-state index < -0.39 is 0 Å². The van der Waals surface area contributed by atoms with E-state index in [9.17, 15) is 4.79 Å². The largest absolute Gasteiger partial charge is 0.321 e. The van der Waals surface area contributed by atoms with Crippen molar-refractivity contribution in [2.24, 2.45) is 0 Å². The normalized spacial score (nSPS) is 14.2. The van der Waals surface area contributed by atoms with Gasteiger partial charge < -0.3 is 5.32 Å². The van der Waals surface area contributed by atoms with Crippen LogP contribution in [0.2, 0.25) is 0 Å². The molecule has 0 unspecified atom stereocenters. The number of rotatable bonds is 3. The monoisotopic (exact) mass is 355 g/mol. The molecule has 2 aromatic carbocycles. The lowest BCUT2D eigenvalue weighted by Gasteiger charge is -2.06. The number of aromatic amines is 1. The van der Waals surface area contributed by atoms with Gasteiger partial charge in [0.25, 0.3) is 5.91 Å². The fourth-order valence-corrected chi connectivity index (χ4v) is 3.09. The summed E-state index contributed by atoms with van der Waals surface area (Å²) in [6.07, 6.45) is 2.37. The highest BCUT2D eigenvalue weighted by Gasteiger charge is 2.26. The maximum atomic E-state index is 12.3. The summed E-state index contributed by atoms with van der Waals surface area (Å²) in [6.45, 7) is 0. The first-order chi connectivity index (χ1) is 10.7. The summed E-state index contributed by atoms with van der Waals surface area (Å²) in [5.41, 5.74) is 2.27. The van der Waals surface area contributed by atoms with Crippen molar-refractivity contribution in [3.05, 3.63) is 58.3 Å². The van der Waals surface area contributed by atoms with Crippen molar-refractivity contribution in [2.45, 2.75) is 18.8 Å². The van der Waals surface area contributed by atoms with E-state index in [4.69, 9.17) is 0 Å². The van der Waals surface area contributed by atoms with Gasteiger partial charge in [-0.3, -0.25) is 9.89 Å². The van der Waals surface area contributed by atoms with E-state index in [0.717, 1.165) is 26.6 Å². The fraction of sp³-hybridized carbons (Fsp3) is 0.176. The molecule has 0 saturated heterocycles. The van der Waals surface area contributed by atoms with Crippen LogP contribution >= 0.6 is 15.9 Å². The minimum absolute atomic E-state index is 0.183. The van der Waals surface area contributed by atoms with Crippen LogP contribution < -0.4 is 5.32 Å². The summed E-state index contributed by atoms with van der Waals surface area (Å²) in [4.78, 5) is 12.3. The van der Waals surface area contributed by atoms with E-state index >= 15 is 0 Å². The summed E-state index contributed by atoms with van der Waals surface area (Å²) in [5, 5.41) is 12.2. The molecular formula is C17H14BrN3O. The molecule has 0 atom stereocenters. The Labute approximate surface area is 136 Å². The Kier molecular flexibility index (Phi) is 3.22. The van der Waals surface area contributed by atoms with Crippen molar-refractivity contribution < 1.29 is 4.79 Å². The Bertz CT molecular complexity index is 867. The van der Waals surface area contributed by atoms with Crippen LogP contribution in [0.4, 0.5) is 5.69 Å². The van der Waals surface area contributed by atoms with E-state index in [1.807, 2.05) is 42.5 Å². The zero-order valence-electron chi connectivity index (χ0n) is 11.8. The summed E-state index contributed by atoms with van der Waals surface area (Å²) >= 11 is 3.53. The number of benzene rings is 2. The van der Waals surface area contributed by atoms with E-state index in [1.165, 1.54) is 12.8 Å². The van der Waals surface area contributed by atoms with E-state index in [0.29, 0.717) is 11.6 Å². The fourth-order valence-electron chi connectivity index (χ4n) is 2.57. The van der Waals surface area contributed by atoms with Gasteiger partial charge in [-0.15, -0.1) is 0 Å². The highest BCUT2D eigenvalue weighted by Crippen LogP contribution is 2.39. The summed E-state index contributed by atoms with van der Waals surface area (Å²) in [7, 11) is 0. The van der Waals surface area contributed by atoms with Crippen LogP contribution in [0.1, 0.15) is 34.9 Å². The molecule has 22 heavy (non-hydrogen) atoms. The molecule has 0 spiro atoms. The number of halogens is 1. The first-order valence-electron chi connectivity index (χ1n) is 7.25. The highest BCUT2D eigenvalue weighted by atomic mass is 79.9. The van der Waals surface area contributed by atoms with Gasteiger partial charge in [0, 0.05) is 21.8 Å². The number of hydrogen-bond acceptors (Lipinski definition) is 2. The Morgan fingerprint density at radius 1 is 1.23 bits per heavy atom. The Balaban J connectivity index is 1.57. The SMILES string of the molecule is O=C(Nc1ccc2c(Br)cccc2c1)c1cc(C2CC2)[nH]n1. The number of anilines is 1. The van der Waals surface area contributed by atoms with Crippen LogP contribution in [0, 0.1) is 0 Å². The molecule has 1 heterocycles. The van der Waals surface area contributed by atoms with Gasteiger partial charge in [0.05, 0.1) is 0 Å². The zero-order chi connectivity index (χ0) is 15.1. The molecule has 4 rings (SSSR count). The molecule has 0 bridgehead atoms. The molecule has 3 aromatic rings. The van der Waals surface area contributed by atoms with E-state index in [2.05, 4.69) is 31.4 Å². The molecular weight excluding hydrogens is 342 g/mol. The van der Waals surface area contributed by atoms with Crippen molar-refractivity contribution in [2.75, 3.05) is 5.32 Å². The van der Waals surface area contributed by atoms with E-state index in [-0.39, 0.29) is 5.91 Å². The molecule has 1 amide bonds. The first-order valence-corrected chi connectivity index (χ1v) is 8.05. The summed E-state index contributed by atoms with van der Waals surface area (Å²) < 4.78 is 1.05. The summed E-state index contributed by atoms with van der Waals surface area (Å²) in [6, 6.07) is 13.7. The second-order valence-corrected chi connectivity index (χ2v) is 6.47. The van der Waals surface area contributed by atoms with Gasteiger partial charge in [0.15, 0.2) is 5.69 Å². The smallest absolute Gasteiger partial charge is 0.276 e. The number of aromatic nitrogens is 2. The van der Waals surface area contributed by atoms with Crippen molar-refractivity contribution in [1.29, 1.82) is 0 Å². The van der Waals surface area contributed by atoms with Crippen molar-refractivity contribution in [1.82, 2.24) is 10.2 Å². The van der Waals surface area contributed by atoms with Gasteiger partial charge in [-0.25, -0.2) is 0 Å². The van der Waals surface area contributed by atoms with Gasteiger partial charge in [-0.2, -0.15) is 5.10 Å². The van der Waals surface area contributed by atoms with Crippen LogP contribution in [0.3, 0.4) is 0 Å². The number of amides is 1. The molecule has 1 fully saturated rings. The molecule has 4 nitrogen and oxygen atoms in total. The lowest BCUT2D eigenvalue weighted by Crippen LogP contribution is -2.12. The predicted molar refractivity (Wildman–Crippen MR) is 90.2 cm³/mol. The van der Waals surface area contributed by atoms with E-state index in [1.54, 1.807) is 0 Å². The Morgan fingerprint density at radius 3 is 2.91 bits per heavy atom. The second-order valence-electron chi connectivity index (χ2n) is 5.61. The predicted octanol–water partition coefficient (Wildman–Crippen LogP) is 4.46. The maximum Gasteiger partial charge on any atom is 0.276 e. The first kappa shape index (κ1) is 13.5. The Morgan fingerprint density at radius 2 is 2.09 bits per heavy atom. The third-order valence-electron chi connectivity index (χ3n) is 3.93. The molecule has 110 valence electrons. The molecule has 5 heteroatoms. The average Bonchev–Trinajstić information content (AvgIpc) is 3.24. The lowest BCUT2D eigenvalue weighted by atomic mass is 10.1. The lowest BCUT2D eigenvalue weighted by molar-refractivity contribution is 0.102. The van der Waals surface area contributed by atoms with Gasteiger partial charge in [-0.05, 0) is 47.9 Å². The quantitative estimate of drug-likeness (QED) is 0.728. The molecule has 1 saturated carbocycles. The standard InChI is InChI=1S/C17H14BrN3O/c18-14-3-1-2-11-8-12(6-7-13(11)14)19-17(22)16-9-15(20-21-16)10-4-5-10/h1-3,6-10H,4-5H2,(H,19,22)(H,20,21). The zero-order valence-corrected chi connectivity index (χ0v) is 13.4. The third-order valence-corrected chi connectivity index (χ3v) is 4.62. The summed E-state index contributed by atoms with van der Waals surface area (Å²) in [5.74, 6) is 0.379. The topological polar surface area (TPSA) is 57.8 Å². The van der Waals surface area contributed by atoms with Crippen LogP contribution in [0.25, 0.3) is 10.8 Å². The minimum Gasteiger partial charge on any atom is -0.321 e. The number of nitrogens with zero attached hydrogens (tertiary/aromatic N) is 1. The number of H-pyrrole nitrogens is 1. The molecule has 1 aromatic heterocycles. The molecule has 1 aliphatic rings. The van der Waals surface area contributed by atoms with Crippen molar-refractivity contribution in [3.8, 4) is 0 Å². The Hall–Kier alpha value is -2.14. The molecule has 0 aliphatic heterocycles. The van der Waals surface area contributed by atoms with Gasteiger partial charge in [0.1, 0.15) is 0 Å². The third kappa shape index (κ3) is 2.52. The average molecular weight is 356 g/mol. The molecule has 2 N–H and O–H groups in total. The molecule has 1 aliphatic carbocycles. The van der Waals surface area contributed by atoms with Gasteiger partial charge >= 0.3 is 0 Å². The minimum atomic E-state index is -0.183. The number of nitrogens with one attached hydrogen (secondary N) is 2. The maximum absolute atomic E-state index is 12.3. The van der Waals surface area contributed by atoms with Crippen LogP contribution in [0.5, 0.6) is 0 Å². The van der Waals surface area contributed by atoms with Gasteiger partial charge in [0.2, 0.25) is 0 Å². The second kappa shape index (κ2) is 5.25. The van der Waals surface area contributed by atoms with Crippen LogP contribution in [-0.4, -0.2) is 16.1 Å². The van der Waals surface area contributed by atoms with Crippen LogP contribution in [0.15, 0.2) is 46.9 Å². The van der Waals surface area contributed by atoms with Gasteiger partial charge in [-0.1, -0.05) is 34.1 Å². The van der Waals surface area contributed by atoms with Crippen molar-refractivity contribution in [3.63, 3.8) is 0 Å².